The molecule has 6 aliphatic rings. The molecule has 6 rings (SSSR count). The number of carbonyl (C=O) groups is 3. The first-order valence-electron chi connectivity index (χ1n) is 11.2. The van der Waals surface area contributed by atoms with E-state index in [-0.39, 0.29) is 40.5 Å². The first-order chi connectivity index (χ1) is 14.2. The van der Waals surface area contributed by atoms with Gasteiger partial charge in [-0.2, -0.15) is 5.26 Å². The van der Waals surface area contributed by atoms with Gasteiger partial charge < -0.3 is 14.4 Å². The van der Waals surface area contributed by atoms with Crippen molar-refractivity contribution in [1.29, 1.82) is 0 Å². The molecule has 4 aliphatic carbocycles. The summed E-state index contributed by atoms with van der Waals surface area (Å²) in [6.07, 6.45) is 6.88. The molecule has 0 aromatic rings. The molecule has 2 heterocycles. The van der Waals surface area contributed by atoms with Gasteiger partial charge in [-0.3, -0.25) is 9.59 Å². The molecular weight excluding hydrogens is 388 g/mol. The van der Waals surface area contributed by atoms with Crippen LogP contribution in [0.25, 0.3) is 0 Å². The summed E-state index contributed by atoms with van der Waals surface area (Å²) in [5.74, 6) is -1.27. The minimum absolute atomic E-state index is 0.0473. The highest BCUT2D eigenvalue weighted by Crippen LogP contribution is 2.78. The molecule has 2 spiro atoms. The maximum atomic E-state index is 12.8. The van der Waals surface area contributed by atoms with Crippen LogP contribution in [0.2, 0.25) is 0 Å². The van der Waals surface area contributed by atoms with Crippen LogP contribution in [0.5, 0.6) is 0 Å². The highest BCUT2D eigenvalue weighted by molar-refractivity contribution is 5.92. The average Bonchev–Trinajstić information content (AvgIpc) is 3.20. The summed E-state index contributed by atoms with van der Waals surface area (Å²) in [4.78, 5) is 41.3. The quantitative estimate of drug-likeness (QED) is 0.303. The second-order valence-electron chi connectivity index (χ2n) is 10.8. The van der Waals surface area contributed by atoms with Gasteiger partial charge in [0.25, 0.3) is 0 Å². The molecule has 3 saturated carbocycles. The molecule has 0 amide bonds. The van der Waals surface area contributed by atoms with E-state index in [0.29, 0.717) is 19.3 Å². The van der Waals surface area contributed by atoms with Crippen molar-refractivity contribution in [2.75, 3.05) is 0 Å². The Bertz CT molecular complexity index is 909. The Morgan fingerprint density at radius 3 is 2.70 bits per heavy atom. The van der Waals surface area contributed by atoms with E-state index in [4.69, 9.17) is 9.47 Å². The lowest BCUT2D eigenvalue weighted by atomic mass is 9.43. The molecule has 4 unspecified atom stereocenters. The molecule has 2 saturated heterocycles. The molecule has 8 atom stereocenters. The molecule has 162 valence electrons. The predicted octanol–water partition coefficient (Wildman–Crippen LogP) is 2.97. The largest absolute Gasteiger partial charge is 0.458 e. The van der Waals surface area contributed by atoms with Crippen molar-refractivity contribution in [2.24, 2.45) is 28.6 Å². The van der Waals surface area contributed by atoms with E-state index in [0.717, 1.165) is 37.7 Å². The number of epoxide rings is 1. The molecule has 30 heavy (non-hydrogen) atoms. The Kier molecular flexibility index (Phi) is 3.51. The number of carbonyl (C=O) groups excluding carboxylic acids is 3. The molecule has 0 aromatic carbocycles. The zero-order valence-corrected chi connectivity index (χ0v) is 17.4. The molecule has 7 heteroatoms. The third kappa shape index (κ3) is 1.93. The van der Waals surface area contributed by atoms with Crippen molar-refractivity contribution in [1.82, 2.24) is 0 Å². The topological polar surface area (TPSA) is 102 Å². The Morgan fingerprint density at radius 1 is 1.20 bits per heavy atom. The van der Waals surface area contributed by atoms with Crippen LogP contribution in [0, 0.1) is 28.6 Å². The molecule has 0 radical (unpaired) electrons. The normalized spacial score (nSPS) is 53.2. The van der Waals surface area contributed by atoms with Crippen LogP contribution < -0.4 is 0 Å². The molecule has 2 aliphatic heterocycles. The van der Waals surface area contributed by atoms with Gasteiger partial charge in [-0.05, 0) is 50.5 Å². The molecule has 0 bridgehead atoms. The van der Waals surface area contributed by atoms with E-state index in [1.54, 1.807) is 6.08 Å². The minimum Gasteiger partial charge on any atom is -0.458 e. The van der Waals surface area contributed by atoms with Gasteiger partial charge in [-0.25, -0.2) is 4.79 Å². The van der Waals surface area contributed by atoms with Gasteiger partial charge in [0.1, 0.15) is 11.2 Å². The third-order valence-corrected chi connectivity index (χ3v) is 10.1. The third-order valence-electron chi connectivity index (χ3n) is 10.1. The fourth-order valence-corrected chi connectivity index (χ4v) is 8.60. The zero-order chi connectivity index (χ0) is 21.1. The van der Waals surface area contributed by atoms with E-state index >= 15 is 0 Å². The highest BCUT2D eigenvalue weighted by atomic mass is 17.1. The minimum atomic E-state index is -0.650. The number of esters is 1. The van der Waals surface area contributed by atoms with Crippen molar-refractivity contribution in [2.45, 2.75) is 82.5 Å². The monoisotopic (exact) mass is 416 g/mol. The summed E-state index contributed by atoms with van der Waals surface area (Å²) in [5, 5.41) is 9.29. The van der Waals surface area contributed by atoms with Crippen LogP contribution in [0.4, 0.5) is 0 Å². The lowest BCUT2D eigenvalue weighted by Gasteiger charge is -2.58. The lowest BCUT2D eigenvalue weighted by molar-refractivity contribution is -0.245. The van der Waals surface area contributed by atoms with Crippen molar-refractivity contribution in [3.63, 3.8) is 0 Å². The number of ketones is 1. The lowest BCUT2D eigenvalue weighted by Crippen LogP contribution is -2.63. The van der Waals surface area contributed by atoms with Crippen molar-refractivity contribution >= 4 is 17.7 Å². The van der Waals surface area contributed by atoms with Crippen LogP contribution in [-0.4, -0.2) is 40.3 Å². The highest BCUT2D eigenvalue weighted by Gasteiger charge is 2.83. The van der Waals surface area contributed by atoms with Crippen molar-refractivity contribution in [3.05, 3.63) is 11.6 Å². The molecule has 0 aromatic heterocycles. The van der Waals surface area contributed by atoms with Crippen molar-refractivity contribution in [3.8, 4) is 0 Å². The number of fused-ring (bicyclic) bond motifs is 4. The first kappa shape index (κ1) is 19.0. The number of rotatable bonds is 1. The van der Waals surface area contributed by atoms with E-state index < -0.39 is 23.1 Å². The van der Waals surface area contributed by atoms with E-state index in [1.165, 1.54) is 0 Å². The van der Waals surface area contributed by atoms with Crippen LogP contribution in [-0.2, 0) is 28.7 Å². The van der Waals surface area contributed by atoms with E-state index in [2.05, 4.69) is 18.7 Å². The summed E-state index contributed by atoms with van der Waals surface area (Å²) in [6, 6.07) is 0. The fraction of sp³-hybridized carbons (Fsp3) is 0.783. The van der Waals surface area contributed by atoms with Gasteiger partial charge in [0.2, 0.25) is 0 Å². The summed E-state index contributed by atoms with van der Waals surface area (Å²) in [5.41, 5.74) is -0.623. The zero-order valence-electron chi connectivity index (χ0n) is 17.4. The predicted molar refractivity (Wildman–Crippen MR) is 102 cm³/mol. The number of hydrogen-bond donors (Lipinski definition) is 1. The van der Waals surface area contributed by atoms with Crippen LogP contribution in [0.15, 0.2) is 11.6 Å². The Balaban J connectivity index is 1.49. The number of ether oxygens (including phenoxy) is 2. The number of hydrogen-bond acceptors (Lipinski definition) is 7. The Morgan fingerprint density at radius 2 is 2.00 bits per heavy atom. The smallest absolute Gasteiger partial charge is 0.345 e. The summed E-state index contributed by atoms with van der Waals surface area (Å²) >= 11 is 0. The SMILES string of the molecule is CC12C[C@H]3O[C@@]34C(C1CC[C@@]21CCC(=O)O1)[C@H](C(=O)OO)CC1=CC(=O)CCC14C. The van der Waals surface area contributed by atoms with Crippen LogP contribution >= 0.6 is 0 Å². The average molecular weight is 416 g/mol. The maximum Gasteiger partial charge on any atom is 0.345 e. The van der Waals surface area contributed by atoms with Gasteiger partial charge in [0.05, 0.1) is 12.0 Å². The van der Waals surface area contributed by atoms with Gasteiger partial charge in [0, 0.05) is 29.6 Å². The van der Waals surface area contributed by atoms with Crippen LogP contribution in [0.1, 0.15) is 65.2 Å². The van der Waals surface area contributed by atoms with Gasteiger partial charge in [0.15, 0.2) is 5.78 Å². The molecule has 7 nitrogen and oxygen atoms in total. The Labute approximate surface area is 175 Å². The summed E-state index contributed by atoms with van der Waals surface area (Å²) < 4.78 is 12.5. The second-order valence-corrected chi connectivity index (χ2v) is 10.8. The molecular formula is C23H28O7. The maximum absolute atomic E-state index is 12.8. The van der Waals surface area contributed by atoms with Gasteiger partial charge >= 0.3 is 11.9 Å². The molecule has 5 fully saturated rings. The summed E-state index contributed by atoms with van der Waals surface area (Å²) in [7, 11) is 0. The second kappa shape index (κ2) is 5.54. The van der Waals surface area contributed by atoms with Gasteiger partial charge in [-0.1, -0.05) is 19.4 Å². The van der Waals surface area contributed by atoms with E-state index in [1.807, 2.05) is 0 Å². The first-order valence-corrected chi connectivity index (χ1v) is 11.2. The Hall–Kier alpha value is -1.73. The van der Waals surface area contributed by atoms with Gasteiger partial charge in [-0.15, -0.1) is 0 Å². The fourth-order valence-electron chi connectivity index (χ4n) is 8.60. The van der Waals surface area contributed by atoms with Crippen molar-refractivity contribution < 1.29 is 34.0 Å². The summed E-state index contributed by atoms with van der Waals surface area (Å²) in [6.45, 7) is 4.38. The standard InChI is InChI=1S/C23H28O7/c1-20-6-3-13(24)9-12(20)10-14(19(26)30-27)18-15-4-7-22(8-5-17(25)29-22)21(15,2)11-16-23(18,20)28-16/h9,14-16,18,27H,3-8,10-11H2,1-2H3/t14-,15?,16-,18?,20?,21?,22-,23-/m1/s1. The van der Waals surface area contributed by atoms with E-state index in [9.17, 15) is 19.6 Å². The molecule has 1 N–H and O–H groups in total. The van der Waals surface area contributed by atoms with Crippen LogP contribution in [0.3, 0.4) is 0 Å².